The molecule has 1 aromatic heterocycles. The summed E-state index contributed by atoms with van der Waals surface area (Å²) >= 11 is 0. The van der Waals surface area contributed by atoms with Crippen molar-refractivity contribution >= 4 is 31.1 Å². The van der Waals surface area contributed by atoms with Crippen LogP contribution in [0.4, 0.5) is 0 Å². The number of rotatable bonds is 18. The smallest absolute Gasteiger partial charge is 0.408 e. The Morgan fingerprint density at radius 3 is 2.43 bits per heavy atom. The van der Waals surface area contributed by atoms with Crippen molar-refractivity contribution in [2.45, 2.75) is 58.9 Å². The minimum atomic E-state index is -4.32. The Hall–Kier alpha value is -4.12. The van der Waals surface area contributed by atoms with Crippen LogP contribution in [0.5, 0.6) is 11.5 Å². The summed E-state index contributed by atoms with van der Waals surface area (Å²) in [5.74, 6) is -0.954. The van der Waals surface area contributed by atoms with Crippen LogP contribution in [0.25, 0.3) is 11.3 Å². The number of para-hydroxylation sites is 1. The molecule has 3 atom stereocenters. The fourth-order valence-electron chi connectivity index (χ4n) is 4.71. The zero-order valence-electron chi connectivity index (χ0n) is 25.1. The summed E-state index contributed by atoms with van der Waals surface area (Å²) in [7, 11) is -4.32. The summed E-state index contributed by atoms with van der Waals surface area (Å²) < 4.78 is 29.9. The van der Waals surface area contributed by atoms with Crippen molar-refractivity contribution in [1.82, 2.24) is 15.7 Å². The highest BCUT2D eigenvalue weighted by molar-refractivity contribution is 7.61. The molecular weight excluding hydrogens is 589 g/mol. The third kappa shape index (κ3) is 9.44. The second-order valence-corrected chi connectivity index (χ2v) is 11.8. The minimum absolute atomic E-state index is 0.0256. The lowest BCUT2D eigenvalue weighted by atomic mass is 9.90. The van der Waals surface area contributed by atoms with Gasteiger partial charge in [0.15, 0.2) is 5.76 Å². The number of hydrogen-bond acceptors (Lipinski definition) is 8. The van der Waals surface area contributed by atoms with E-state index in [9.17, 15) is 29.0 Å². The Bertz CT molecular complexity index is 1430. The topological polar surface area (TPSA) is 168 Å². The molecule has 3 aromatic rings. The van der Waals surface area contributed by atoms with Gasteiger partial charge in [-0.1, -0.05) is 51.3 Å². The van der Waals surface area contributed by atoms with Crippen LogP contribution in [0.3, 0.4) is 0 Å². The van der Waals surface area contributed by atoms with Gasteiger partial charge < -0.3 is 29.2 Å². The van der Waals surface area contributed by atoms with Crippen molar-refractivity contribution < 1.29 is 42.7 Å². The molecule has 0 fully saturated rings. The summed E-state index contributed by atoms with van der Waals surface area (Å²) in [6, 6.07) is 15.0. The molecule has 0 spiro atoms. The first-order valence-corrected chi connectivity index (χ1v) is 16.2. The van der Waals surface area contributed by atoms with E-state index < -0.39 is 31.4 Å². The Kier molecular flexibility index (Phi) is 13.0. The normalized spacial score (nSPS) is 13.7. The molecular formula is C31H40N3O9P. The molecule has 44 heavy (non-hydrogen) atoms. The summed E-state index contributed by atoms with van der Waals surface area (Å²) in [6.45, 7) is 5.68. The maximum absolute atomic E-state index is 13.2. The summed E-state index contributed by atoms with van der Waals surface area (Å²) in [4.78, 5) is 47.7. The SMILES string of the molecule is CCCCC[C@@H](C(=O)NCNC(=O)c1ccc(-c2cc(OCC)cc(P(=O)(O)Oc3ccccc3)c2)o1)[C@@H](CC)N(O)C=O. The molecule has 238 valence electrons. The molecule has 1 unspecified atom stereocenters. The Morgan fingerprint density at radius 1 is 1.02 bits per heavy atom. The highest BCUT2D eigenvalue weighted by Crippen LogP contribution is 2.43. The van der Waals surface area contributed by atoms with E-state index >= 15 is 0 Å². The third-order valence-electron chi connectivity index (χ3n) is 6.91. The lowest BCUT2D eigenvalue weighted by Crippen LogP contribution is -2.47. The van der Waals surface area contributed by atoms with Crippen molar-refractivity contribution in [2.24, 2.45) is 5.92 Å². The maximum atomic E-state index is 13.2. The van der Waals surface area contributed by atoms with Crippen LogP contribution in [-0.4, -0.2) is 52.7 Å². The average molecular weight is 630 g/mol. The monoisotopic (exact) mass is 629 g/mol. The first kappa shape index (κ1) is 34.4. The fraction of sp³-hybridized carbons (Fsp3) is 0.387. The second-order valence-electron chi connectivity index (χ2n) is 10.0. The molecule has 4 N–H and O–H groups in total. The number of amides is 3. The first-order chi connectivity index (χ1) is 21.1. The lowest BCUT2D eigenvalue weighted by Gasteiger charge is -2.29. The van der Waals surface area contributed by atoms with Crippen molar-refractivity contribution in [3.63, 3.8) is 0 Å². The van der Waals surface area contributed by atoms with Crippen LogP contribution in [0, 0.1) is 5.92 Å². The maximum Gasteiger partial charge on any atom is 0.408 e. The second kappa shape index (κ2) is 16.7. The number of hydroxylamine groups is 2. The highest BCUT2D eigenvalue weighted by Gasteiger charge is 2.31. The molecule has 0 aliphatic rings. The molecule has 0 saturated carbocycles. The van der Waals surface area contributed by atoms with Crippen LogP contribution in [-0.2, 0) is 14.2 Å². The summed E-state index contributed by atoms with van der Waals surface area (Å²) in [6.07, 6.45) is 3.72. The molecule has 0 bridgehead atoms. The quantitative estimate of drug-likeness (QED) is 0.0384. The molecule has 2 aromatic carbocycles. The predicted octanol–water partition coefficient (Wildman–Crippen LogP) is 4.86. The van der Waals surface area contributed by atoms with E-state index in [1.54, 1.807) is 50.2 Å². The van der Waals surface area contributed by atoms with Crippen LogP contribution in [0.15, 0.2) is 65.1 Å². The Labute approximate surface area is 256 Å². The average Bonchev–Trinajstić information content (AvgIpc) is 3.51. The van der Waals surface area contributed by atoms with Gasteiger partial charge in [-0.25, -0.2) is 9.63 Å². The molecule has 12 nitrogen and oxygen atoms in total. The van der Waals surface area contributed by atoms with E-state index in [1.165, 1.54) is 24.3 Å². The molecule has 3 rings (SSSR count). The van der Waals surface area contributed by atoms with Crippen molar-refractivity contribution in [3.05, 3.63) is 66.4 Å². The summed E-state index contributed by atoms with van der Waals surface area (Å²) in [5, 5.41) is 15.7. The molecule has 0 aliphatic carbocycles. The van der Waals surface area contributed by atoms with Gasteiger partial charge in [0.2, 0.25) is 12.3 Å². The number of nitrogens with one attached hydrogen (secondary N) is 2. The molecule has 13 heteroatoms. The minimum Gasteiger partial charge on any atom is -0.494 e. The van der Waals surface area contributed by atoms with E-state index in [0.29, 0.717) is 35.8 Å². The molecule has 0 saturated heterocycles. The van der Waals surface area contributed by atoms with Crippen LogP contribution in [0.1, 0.15) is 63.4 Å². The number of unbranched alkanes of at least 4 members (excludes halogenated alkanes) is 2. The molecule has 3 amide bonds. The molecule has 0 aliphatic heterocycles. The van der Waals surface area contributed by atoms with Crippen LogP contribution in [0.2, 0.25) is 0 Å². The van der Waals surface area contributed by atoms with Gasteiger partial charge in [-0.05, 0) is 62.2 Å². The van der Waals surface area contributed by atoms with Gasteiger partial charge in [0.1, 0.15) is 17.3 Å². The molecule has 0 radical (unpaired) electrons. The van der Waals surface area contributed by atoms with E-state index in [4.69, 9.17) is 13.7 Å². The highest BCUT2D eigenvalue weighted by atomic mass is 31.2. The molecule has 1 heterocycles. The number of carbonyl (C=O) groups excluding carboxylic acids is 3. The zero-order valence-corrected chi connectivity index (χ0v) is 26.0. The summed E-state index contributed by atoms with van der Waals surface area (Å²) in [5.41, 5.74) is 0.383. The third-order valence-corrected chi connectivity index (χ3v) is 8.28. The van der Waals surface area contributed by atoms with Crippen LogP contribution < -0.4 is 25.2 Å². The number of benzene rings is 2. The fourth-order valence-corrected chi connectivity index (χ4v) is 5.81. The predicted molar refractivity (Wildman–Crippen MR) is 164 cm³/mol. The Morgan fingerprint density at radius 2 is 1.77 bits per heavy atom. The van der Waals surface area contributed by atoms with Gasteiger partial charge >= 0.3 is 7.60 Å². The van der Waals surface area contributed by atoms with Gasteiger partial charge in [0, 0.05) is 5.56 Å². The van der Waals surface area contributed by atoms with Gasteiger partial charge in [-0.3, -0.25) is 19.6 Å². The van der Waals surface area contributed by atoms with Gasteiger partial charge in [-0.15, -0.1) is 0 Å². The van der Waals surface area contributed by atoms with Gasteiger partial charge in [0.25, 0.3) is 5.91 Å². The number of carbonyl (C=O) groups is 3. The number of nitrogens with zero attached hydrogens (tertiary/aromatic N) is 1. The van der Waals surface area contributed by atoms with Crippen LogP contribution >= 0.6 is 7.60 Å². The largest absolute Gasteiger partial charge is 0.494 e. The number of hydrogen-bond donors (Lipinski definition) is 4. The van der Waals surface area contributed by atoms with E-state index in [1.807, 2.05) is 6.92 Å². The first-order valence-electron chi connectivity index (χ1n) is 14.6. The Balaban J connectivity index is 1.71. The number of furan rings is 1. The zero-order chi connectivity index (χ0) is 32.1. The van der Waals surface area contributed by atoms with Crippen molar-refractivity contribution in [3.8, 4) is 22.8 Å². The van der Waals surface area contributed by atoms with Gasteiger partial charge in [0.05, 0.1) is 30.5 Å². The van der Waals surface area contributed by atoms with E-state index in [0.717, 1.165) is 19.3 Å². The standard InChI is InChI=1S/C31H40N3O9P/c1-4-7-9-14-26(27(5-2)34(38)21-35)30(36)32-20-33-31(37)29-16-15-28(42-29)22-17-24(41-6-3)19-25(18-22)44(39,40)43-23-12-10-8-11-13-23/h8,10-13,15-19,21,26-27,38H,4-7,9,14,20H2,1-3H3,(H,32,36)(H,33,37)(H,39,40)/t26-,27-/m1/s1. The van der Waals surface area contributed by atoms with E-state index in [-0.39, 0.29) is 35.7 Å². The lowest BCUT2D eigenvalue weighted by molar-refractivity contribution is -0.168. The van der Waals surface area contributed by atoms with Crippen molar-refractivity contribution in [1.29, 1.82) is 0 Å². The van der Waals surface area contributed by atoms with Crippen molar-refractivity contribution in [2.75, 3.05) is 13.3 Å². The van der Waals surface area contributed by atoms with Gasteiger partial charge in [-0.2, -0.15) is 0 Å². The number of ether oxygens (including phenoxy) is 1. The van der Waals surface area contributed by atoms with E-state index in [2.05, 4.69) is 10.6 Å².